The molecule has 0 aromatic carbocycles. The molecule has 0 aromatic rings. The number of aliphatic hydroxyl groups excluding tert-OH is 1. The lowest BCUT2D eigenvalue weighted by atomic mass is 10.1. The van der Waals surface area contributed by atoms with E-state index in [0.29, 0.717) is 6.61 Å². The first-order valence-electron chi connectivity index (χ1n) is 10.8. The molecule has 0 radical (unpaired) electrons. The van der Waals surface area contributed by atoms with Crippen molar-refractivity contribution in [2.45, 2.75) is 121 Å². The van der Waals surface area contributed by atoms with Crippen molar-refractivity contribution in [2.75, 3.05) is 12.5 Å². The average Bonchev–Trinajstić information content (AvgIpc) is 3.11. The predicted molar refractivity (Wildman–Crippen MR) is 107 cm³/mol. The summed E-state index contributed by atoms with van der Waals surface area (Å²) in [6.45, 7) is 6.62. The molecule has 2 fully saturated rings. The Morgan fingerprint density at radius 3 is 2.15 bits per heavy atom. The average molecular weight is 407 g/mol. The molecule has 0 aromatic heterocycles. The Bertz CT molecular complexity index is 406. The van der Waals surface area contributed by atoms with E-state index in [9.17, 15) is 5.11 Å². The molecule has 2 aliphatic rings. The van der Waals surface area contributed by atoms with E-state index in [-0.39, 0.29) is 18.1 Å². The fourth-order valence-electron chi connectivity index (χ4n) is 3.90. The van der Waals surface area contributed by atoms with Crippen LogP contribution in [-0.4, -0.2) is 54.1 Å². The van der Waals surface area contributed by atoms with Gasteiger partial charge < -0.3 is 24.1 Å². The zero-order chi connectivity index (χ0) is 19.7. The van der Waals surface area contributed by atoms with Crippen molar-refractivity contribution in [3.8, 4) is 0 Å². The van der Waals surface area contributed by atoms with Crippen molar-refractivity contribution in [1.29, 1.82) is 0 Å². The molecule has 2 saturated heterocycles. The first kappa shape index (κ1) is 23.4. The number of hydrogen-bond donors (Lipinski definition) is 1. The van der Waals surface area contributed by atoms with Gasteiger partial charge in [-0.15, -0.1) is 11.6 Å². The lowest BCUT2D eigenvalue weighted by Gasteiger charge is -2.28. The normalized spacial score (nSPS) is 30.6. The molecule has 2 rings (SSSR count). The van der Waals surface area contributed by atoms with Crippen LogP contribution in [0.25, 0.3) is 0 Å². The number of hydrogen-bond acceptors (Lipinski definition) is 5. The maximum Gasteiger partial charge on any atom is 0.190 e. The monoisotopic (exact) mass is 406 g/mol. The highest BCUT2D eigenvalue weighted by molar-refractivity contribution is 6.18. The number of ether oxygens (including phenoxy) is 4. The number of aliphatic hydroxyl groups is 1. The molecule has 6 heteroatoms. The van der Waals surface area contributed by atoms with Crippen LogP contribution >= 0.6 is 11.6 Å². The molecule has 0 bridgehead atoms. The number of fused-ring (bicyclic) bond motifs is 1. The molecule has 27 heavy (non-hydrogen) atoms. The zero-order valence-electron chi connectivity index (χ0n) is 17.3. The van der Waals surface area contributed by atoms with Gasteiger partial charge in [0.2, 0.25) is 0 Å². The quantitative estimate of drug-likeness (QED) is 0.332. The summed E-state index contributed by atoms with van der Waals surface area (Å²) < 4.78 is 23.6. The maximum atomic E-state index is 10.1. The summed E-state index contributed by atoms with van der Waals surface area (Å²) in [6.07, 6.45) is 10.4. The van der Waals surface area contributed by atoms with Crippen LogP contribution in [0.3, 0.4) is 0 Å². The molecule has 0 saturated carbocycles. The van der Waals surface area contributed by atoms with Crippen molar-refractivity contribution < 1.29 is 24.1 Å². The Hall–Kier alpha value is 0.0900. The van der Waals surface area contributed by atoms with Crippen LogP contribution in [0.4, 0.5) is 0 Å². The van der Waals surface area contributed by atoms with Crippen LogP contribution in [0.5, 0.6) is 0 Å². The van der Waals surface area contributed by atoms with Gasteiger partial charge in [0, 0.05) is 6.61 Å². The molecular weight excluding hydrogens is 368 g/mol. The number of halogens is 1. The zero-order valence-corrected chi connectivity index (χ0v) is 18.1. The van der Waals surface area contributed by atoms with Crippen molar-refractivity contribution in [3.05, 3.63) is 0 Å². The first-order chi connectivity index (χ1) is 13.0. The number of alkyl halides is 1. The SMILES string of the molecule is CCCCCCCCCCCCO[C@@H]1[C@H]2OC(C)(C)O[C@H]2O[C@@H]1[C@H](O)CCl. The van der Waals surface area contributed by atoms with E-state index in [1.807, 2.05) is 13.8 Å². The Morgan fingerprint density at radius 2 is 1.56 bits per heavy atom. The molecule has 160 valence electrons. The Morgan fingerprint density at radius 1 is 0.963 bits per heavy atom. The lowest BCUT2D eigenvalue weighted by Crippen LogP contribution is -2.43. The number of rotatable bonds is 14. The van der Waals surface area contributed by atoms with Gasteiger partial charge in [-0.1, -0.05) is 64.7 Å². The Labute approximate surface area is 170 Å². The smallest absolute Gasteiger partial charge is 0.190 e. The van der Waals surface area contributed by atoms with Crippen molar-refractivity contribution in [1.82, 2.24) is 0 Å². The molecule has 0 aliphatic carbocycles. The number of unbranched alkanes of at least 4 members (excludes halogenated alkanes) is 9. The van der Waals surface area contributed by atoms with Crippen LogP contribution < -0.4 is 0 Å². The lowest BCUT2D eigenvalue weighted by molar-refractivity contribution is -0.228. The van der Waals surface area contributed by atoms with E-state index in [2.05, 4.69) is 6.92 Å². The van der Waals surface area contributed by atoms with Crippen molar-refractivity contribution >= 4 is 11.6 Å². The van der Waals surface area contributed by atoms with Gasteiger partial charge in [-0.25, -0.2) is 0 Å². The summed E-state index contributed by atoms with van der Waals surface area (Å²) in [4.78, 5) is 0. The third-order valence-electron chi connectivity index (χ3n) is 5.37. The molecule has 1 N–H and O–H groups in total. The van der Waals surface area contributed by atoms with Gasteiger partial charge >= 0.3 is 0 Å². The van der Waals surface area contributed by atoms with E-state index < -0.39 is 24.3 Å². The van der Waals surface area contributed by atoms with Gasteiger partial charge in [-0.2, -0.15) is 0 Å². The molecule has 0 unspecified atom stereocenters. The summed E-state index contributed by atoms with van der Waals surface area (Å²) in [5, 5.41) is 10.1. The summed E-state index contributed by atoms with van der Waals surface area (Å²) in [5.41, 5.74) is 0. The van der Waals surface area contributed by atoms with Gasteiger partial charge in [0.05, 0.1) is 12.0 Å². The van der Waals surface area contributed by atoms with Gasteiger partial charge in [-0.3, -0.25) is 0 Å². The van der Waals surface area contributed by atoms with Gasteiger partial charge in [-0.05, 0) is 20.3 Å². The second-order valence-electron chi connectivity index (χ2n) is 8.31. The summed E-state index contributed by atoms with van der Waals surface area (Å²) in [5.74, 6) is -0.587. The van der Waals surface area contributed by atoms with Crippen molar-refractivity contribution in [3.63, 3.8) is 0 Å². The fourth-order valence-corrected chi connectivity index (χ4v) is 4.08. The van der Waals surface area contributed by atoms with Crippen LogP contribution in [0.15, 0.2) is 0 Å². The molecule has 5 atom stereocenters. The molecule has 5 nitrogen and oxygen atoms in total. The molecule has 0 spiro atoms. The minimum absolute atomic E-state index is 0.103. The second kappa shape index (κ2) is 11.9. The first-order valence-corrected chi connectivity index (χ1v) is 11.4. The third kappa shape index (κ3) is 7.45. The fraction of sp³-hybridized carbons (Fsp3) is 1.00. The summed E-state index contributed by atoms with van der Waals surface area (Å²) >= 11 is 5.81. The Balaban J connectivity index is 1.61. The standard InChI is InChI=1S/C21H39ClO5/c1-4-5-6-7-8-9-10-11-12-13-14-24-18-17(16(23)15-22)25-20-19(18)26-21(2,3)27-20/h16-20,23H,4-15H2,1-3H3/t16-,17-,18+,19-,20-/m1/s1. The van der Waals surface area contributed by atoms with Crippen LogP contribution in [0.2, 0.25) is 0 Å². The predicted octanol–water partition coefficient (Wildman–Crippen LogP) is 4.77. The molecule has 2 aliphatic heterocycles. The van der Waals surface area contributed by atoms with Gasteiger partial charge in [0.25, 0.3) is 0 Å². The van der Waals surface area contributed by atoms with Crippen LogP contribution in [0.1, 0.15) is 85.0 Å². The van der Waals surface area contributed by atoms with E-state index in [1.54, 1.807) is 0 Å². The van der Waals surface area contributed by atoms with E-state index >= 15 is 0 Å². The molecule has 2 heterocycles. The van der Waals surface area contributed by atoms with E-state index in [4.69, 9.17) is 30.5 Å². The van der Waals surface area contributed by atoms with E-state index in [1.165, 1.54) is 57.8 Å². The highest BCUT2D eigenvalue weighted by atomic mass is 35.5. The minimum atomic E-state index is -0.787. The third-order valence-corrected chi connectivity index (χ3v) is 5.69. The van der Waals surface area contributed by atoms with Crippen molar-refractivity contribution in [2.24, 2.45) is 0 Å². The summed E-state index contributed by atoms with van der Waals surface area (Å²) in [6, 6.07) is 0. The summed E-state index contributed by atoms with van der Waals surface area (Å²) in [7, 11) is 0. The van der Waals surface area contributed by atoms with Crippen LogP contribution in [-0.2, 0) is 18.9 Å². The van der Waals surface area contributed by atoms with Gasteiger partial charge in [0.1, 0.15) is 18.3 Å². The largest absolute Gasteiger partial charge is 0.389 e. The highest BCUT2D eigenvalue weighted by Gasteiger charge is 2.56. The van der Waals surface area contributed by atoms with E-state index in [0.717, 1.165) is 6.42 Å². The minimum Gasteiger partial charge on any atom is -0.389 e. The van der Waals surface area contributed by atoms with Crippen LogP contribution in [0, 0.1) is 0 Å². The molecular formula is C21H39ClO5. The Kier molecular flexibility index (Phi) is 10.3. The topological polar surface area (TPSA) is 57.2 Å². The molecule has 0 amide bonds. The maximum absolute atomic E-state index is 10.1. The second-order valence-corrected chi connectivity index (χ2v) is 8.62. The highest BCUT2D eigenvalue weighted by Crippen LogP contribution is 2.39. The van der Waals surface area contributed by atoms with Gasteiger partial charge in [0.15, 0.2) is 12.1 Å².